The quantitative estimate of drug-likeness (QED) is 0.413. The van der Waals surface area contributed by atoms with E-state index in [1.165, 1.54) is 6.07 Å². The molecule has 0 radical (unpaired) electrons. The minimum absolute atomic E-state index is 0.114. The summed E-state index contributed by atoms with van der Waals surface area (Å²) in [7, 11) is 0. The van der Waals surface area contributed by atoms with Gasteiger partial charge in [-0.3, -0.25) is 15.2 Å². The fourth-order valence-electron chi connectivity index (χ4n) is 3.86. The third kappa shape index (κ3) is 3.30. The molecular weight excluding hydrogens is 382 g/mol. The first-order valence-corrected chi connectivity index (χ1v) is 9.67. The topological polar surface area (TPSA) is 104 Å². The molecule has 2 aromatic carbocycles. The SMILES string of the molecule is O=[N+]([O-])c1cccc(N2CCN(c3ncnc4ccc(-c5cn[nH]c5)cc34)CC2)c1. The fraction of sp³-hybridized carbons (Fsp3) is 0.190. The van der Waals surface area contributed by atoms with Gasteiger partial charge in [-0.1, -0.05) is 12.1 Å². The molecule has 3 heterocycles. The van der Waals surface area contributed by atoms with Gasteiger partial charge < -0.3 is 9.80 Å². The molecule has 1 aliphatic rings. The van der Waals surface area contributed by atoms with Gasteiger partial charge in [-0.15, -0.1) is 0 Å². The van der Waals surface area contributed by atoms with Crippen LogP contribution in [0, 0.1) is 10.1 Å². The van der Waals surface area contributed by atoms with Gasteiger partial charge in [0.25, 0.3) is 5.69 Å². The lowest BCUT2D eigenvalue weighted by Crippen LogP contribution is -2.46. The monoisotopic (exact) mass is 401 g/mol. The maximum Gasteiger partial charge on any atom is 0.271 e. The Labute approximate surface area is 172 Å². The third-order valence-corrected chi connectivity index (χ3v) is 5.43. The highest BCUT2D eigenvalue weighted by molar-refractivity contribution is 5.92. The molecule has 2 aromatic heterocycles. The molecule has 0 spiro atoms. The van der Waals surface area contributed by atoms with Crippen LogP contribution in [0.15, 0.2) is 61.2 Å². The number of non-ortho nitro benzene ring substituents is 1. The smallest absolute Gasteiger partial charge is 0.271 e. The summed E-state index contributed by atoms with van der Waals surface area (Å²) >= 11 is 0. The maximum atomic E-state index is 11.1. The van der Waals surface area contributed by atoms with Crippen LogP contribution in [0.3, 0.4) is 0 Å². The van der Waals surface area contributed by atoms with Crippen molar-refractivity contribution in [3.63, 3.8) is 0 Å². The summed E-state index contributed by atoms with van der Waals surface area (Å²) in [6.07, 6.45) is 5.26. The summed E-state index contributed by atoms with van der Waals surface area (Å²) in [6, 6.07) is 12.9. The van der Waals surface area contributed by atoms with Crippen LogP contribution in [0.5, 0.6) is 0 Å². The summed E-state index contributed by atoms with van der Waals surface area (Å²) in [5, 5.41) is 18.9. The fourth-order valence-corrected chi connectivity index (χ4v) is 3.86. The summed E-state index contributed by atoms with van der Waals surface area (Å²) in [5.74, 6) is 0.907. The second-order valence-corrected chi connectivity index (χ2v) is 7.17. The van der Waals surface area contributed by atoms with E-state index in [9.17, 15) is 10.1 Å². The van der Waals surface area contributed by atoms with Crippen molar-refractivity contribution in [2.75, 3.05) is 36.0 Å². The number of piperazine rings is 1. The molecule has 5 rings (SSSR count). The average Bonchev–Trinajstić information content (AvgIpc) is 3.34. The molecule has 9 nitrogen and oxygen atoms in total. The lowest BCUT2D eigenvalue weighted by molar-refractivity contribution is -0.384. The summed E-state index contributed by atoms with van der Waals surface area (Å²) < 4.78 is 0. The van der Waals surface area contributed by atoms with Crippen molar-refractivity contribution in [1.29, 1.82) is 0 Å². The average molecular weight is 401 g/mol. The second-order valence-electron chi connectivity index (χ2n) is 7.17. The number of hydrogen-bond donors (Lipinski definition) is 1. The summed E-state index contributed by atoms with van der Waals surface area (Å²) in [6.45, 7) is 3.05. The van der Waals surface area contributed by atoms with Crippen LogP contribution in [-0.2, 0) is 0 Å². The number of aromatic nitrogens is 4. The third-order valence-electron chi connectivity index (χ3n) is 5.43. The van der Waals surface area contributed by atoms with Crippen LogP contribution in [0.2, 0.25) is 0 Å². The first-order valence-electron chi connectivity index (χ1n) is 9.67. The van der Waals surface area contributed by atoms with E-state index in [0.29, 0.717) is 0 Å². The van der Waals surface area contributed by atoms with Gasteiger partial charge in [-0.2, -0.15) is 5.10 Å². The molecule has 0 amide bonds. The number of benzene rings is 2. The molecular formula is C21H19N7O2. The van der Waals surface area contributed by atoms with Gasteiger partial charge in [0.05, 0.1) is 16.6 Å². The first-order chi connectivity index (χ1) is 14.7. The van der Waals surface area contributed by atoms with Crippen molar-refractivity contribution in [3.05, 3.63) is 71.3 Å². The van der Waals surface area contributed by atoms with E-state index in [1.54, 1.807) is 24.7 Å². The van der Waals surface area contributed by atoms with Crippen molar-refractivity contribution in [2.45, 2.75) is 0 Å². The molecule has 0 atom stereocenters. The number of anilines is 2. The molecule has 1 saturated heterocycles. The minimum atomic E-state index is -0.357. The lowest BCUT2D eigenvalue weighted by Gasteiger charge is -2.37. The largest absolute Gasteiger partial charge is 0.368 e. The second kappa shape index (κ2) is 7.43. The van der Waals surface area contributed by atoms with Crippen LogP contribution in [0.25, 0.3) is 22.0 Å². The van der Waals surface area contributed by atoms with E-state index < -0.39 is 0 Å². The first kappa shape index (κ1) is 18.0. The van der Waals surface area contributed by atoms with Crippen LogP contribution in [-0.4, -0.2) is 51.3 Å². The van der Waals surface area contributed by atoms with Crippen LogP contribution in [0.1, 0.15) is 0 Å². The minimum Gasteiger partial charge on any atom is -0.368 e. The van der Waals surface area contributed by atoms with E-state index in [0.717, 1.165) is 59.7 Å². The van der Waals surface area contributed by atoms with Gasteiger partial charge in [0.2, 0.25) is 0 Å². The number of rotatable bonds is 4. The molecule has 1 N–H and O–H groups in total. The zero-order chi connectivity index (χ0) is 20.5. The highest BCUT2D eigenvalue weighted by Gasteiger charge is 2.21. The van der Waals surface area contributed by atoms with Crippen LogP contribution in [0.4, 0.5) is 17.2 Å². The van der Waals surface area contributed by atoms with Crippen molar-refractivity contribution in [1.82, 2.24) is 20.2 Å². The molecule has 4 aromatic rings. The molecule has 1 fully saturated rings. The molecule has 0 aliphatic carbocycles. The van der Waals surface area contributed by atoms with E-state index >= 15 is 0 Å². The Kier molecular flexibility index (Phi) is 4.47. The Morgan fingerprint density at radius 2 is 1.80 bits per heavy atom. The van der Waals surface area contributed by atoms with Crippen molar-refractivity contribution < 1.29 is 4.92 Å². The summed E-state index contributed by atoms with van der Waals surface area (Å²) in [5.41, 5.74) is 3.96. The molecule has 0 bridgehead atoms. The van der Waals surface area contributed by atoms with Gasteiger partial charge in [0.1, 0.15) is 12.1 Å². The number of fused-ring (bicyclic) bond motifs is 1. The van der Waals surface area contributed by atoms with Gasteiger partial charge in [0.15, 0.2) is 0 Å². The zero-order valence-corrected chi connectivity index (χ0v) is 16.1. The highest BCUT2D eigenvalue weighted by Crippen LogP contribution is 2.30. The number of nitro groups is 1. The molecule has 30 heavy (non-hydrogen) atoms. The van der Waals surface area contributed by atoms with Gasteiger partial charge in [0, 0.05) is 61.1 Å². The normalized spacial score (nSPS) is 14.3. The Morgan fingerprint density at radius 3 is 2.57 bits per heavy atom. The Bertz CT molecular complexity index is 1200. The highest BCUT2D eigenvalue weighted by atomic mass is 16.6. The van der Waals surface area contributed by atoms with Crippen LogP contribution >= 0.6 is 0 Å². The summed E-state index contributed by atoms with van der Waals surface area (Å²) in [4.78, 5) is 24.1. The van der Waals surface area contributed by atoms with E-state index in [2.05, 4.69) is 36.0 Å². The standard InChI is InChI=1S/C21H19N7O2/c29-28(30)18-3-1-2-17(11-18)26-6-8-27(9-7-26)21-19-10-15(16-12-24-25-13-16)4-5-20(19)22-14-23-21/h1-5,10-14H,6-9H2,(H,24,25). The van der Waals surface area contributed by atoms with Crippen molar-refractivity contribution in [3.8, 4) is 11.1 Å². The number of nitrogens with one attached hydrogen (secondary N) is 1. The zero-order valence-electron chi connectivity index (χ0n) is 16.1. The molecule has 9 heteroatoms. The lowest BCUT2D eigenvalue weighted by atomic mass is 10.1. The molecule has 0 saturated carbocycles. The molecule has 150 valence electrons. The van der Waals surface area contributed by atoms with E-state index in [4.69, 9.17) is 0 Å². The van der Waals surface area contributed by atoms with Crippen LogP contribution < -0.4 is 9.80 Å². The maximum absolute atomic E-state index is 11.1. The predicted molar refractivity (Wildman–Crippen MR) is 115 cm³/mol. The number of hydrogen-bond acceptors (Lipinski definition) is 7. The number of nitrogens with zero attached hydrogens (tertiary/aromatic N) is 6. The number of H-pyrrole nitrogens is 1. The number of nitro benzene ring substituents is 1. The van der Waals surface area contributed by atoms with E-state index in [1.807, 2.05) is 24.4 Å². The van der Waals surface area contributed by atoms with Crippen molar-refractivity contribution >= 4 is 28.1 Å². The van der Waals surface area contributed by atoms with E-state index in [-0.39, 0.29) is 10.6 Å². The number of aromatic amines is 1. The molecule has 0 unspecified atom stereocenters. The van der Waals surface area contributed by atoms with Crippen molar-refractivity contribution in [2.24, 2.45) is 0 Å². The Hall–Kier alpha value is -4.01. The van der Waals surface area contributed by atoms with Gasteiger partial charge in [-0.25, -0.2) is 9.97 Å². The Morgan fingerprint density at radius 1 is 0.967 bits per heavy atom. The van der Waals surface area contributed by atoms with Gasteiger partial charge in [-0.05, 0) is 23.8 Å². The predicted octanol–water partition coefficient (Wildman–Crippen LogP) is 3.25. The molecule has 1 aliphatic heterocycles. The Balaban J connectivity index is 1.40. The van der Waals surface area contributed by atoms with Gasteiger partial charge >= 0.3 is 0 Å².